The maximum absolute atomic E-state index is 8.90. The highest BCUT2D eigenvalue weighted by atomic mass is 32.1. The van der Waals surface area contributed by atoms with Gasteiger partial charge in [-0.15, -0.1) is 11.3 Å². The summed E-state index contributed by atoms with van der Waals surface area (Å²) in [4.78, 5) is 1.29. The topological polar surface area (TPSA) is 49.8 Å². The van der Waals surface area contributed by atoms with Gasteiger partial charge in [0.05, 0.1) is 5.56 Å². The van der Waals surface area contributed by atoms with Crippen LogP contribution in [0.15, 0.2) is 0 Å². The van der Waals surface area contributed by atoms with Crippen molar-refractivity contribution in [2.45, 2.75) is 46.0 Å². The molecule has 0 saturated heterocycles. The van der Waals surface area contributed by atoms with E-state index >= 15 is 0 Å². The van der Waals surface area contributed by atoms with E-state index in [-0.39, 0.29) is 0 Å². The van der Waals surface area contributed by atoms with Crippen molar-refractivity contribution in [3.8, 4) is 6.07 Å². The number of nitrogen functional groups attached to an aromatic ring is 1. The van der Waals surface area contributed by atoms with Gasteiger partial charge in [-0.1, -0.05) is 26.2 Å². The second-order valence-electron chi connectivity index (χ2n) is 3.81. The van der Waals surface area contributed by atoms with Gasteiger partial charge in [-0.05, 0) is 25.3 Å². The molecule has 0 amide bonds. The van der Waals surface area contributed by atoms with Crippen LogP contribution in [-0.2, 0) is 6.42 Å². The van der Waals surface area contributed by atoms with Crippen molar-refractivity contribution in [1.29, 1.82) is 5.26 Å². The molecule has 1 rings (SSSR count). The van der Waals surface area contributed by atoms with E-state index < -0.39 is 0 Å². The third-order valence-electron chi connectivity index (χ3n) is 2.64. The van der Waals surface area contributed by atoms with Crippen molar-refractivity contribution >= 4 is 16.3 Å². The standard InChI is InChI=1S/C12H18N2S/c1-3-4-5-6-7-11-9(2)10(8-13)12(14)15-11/h3-7,14H2,1-2H3. The molecule has 0 saturated carbocycles. The van der Waals surface area contributed by atoms with Crippen LogP contribution in [0.4, 0.5) is 5.00 Å². The molecule has 2 N–H and O–H groups in total. The molecule has 15 heavy (non-hydrogen) atoms. The Morgan fingerprint density at radius 1 is 1.33 bits per heavy atom. The molecule has 0 radical (unpaired) electrons. The lowest BCUT2D eigenvalue weighted by Gasteiger charge is -1.99. The summed E-state index contributed by atoms with van der Waals surface area (Å²) in [5.41, 5.74) is 7.56. The first-order chi connectivity index (χ1) is 7.20. The first-order valence-electron chi connectivity index (χ1n) is 5.48. The number of nitriles is 1. The second kappa shape index (κ2) is 5.77. The molecule has 3 heteroatoms. The maximum atomic E-state index is 8.90. The van der Waals surface area contributed by atoms with E-state index in [0.717, 1.165) is 12.0 Å². The summed E-state index contributed by atoms with van der Waals surface area (Å²) in [7, 11) is 0. The van der Waals surface area contributed by atoms with E-state index in [1.54, 1.807) is 11.3 Å². The maximum Gasteiger partial charge on any atom is 0.104 e. The number of hydrogen-bond acceptors (Lipinski definition) is 3. The van der Waals surface area contributed by atoms with E-state index in [0.29, 0.717) is 10.6 Å². The minimum Gasteiger partial charge on any atom is -0.389 e. The molecule has 0 bridgehead atoms. The zero-order chi connectivity index (χ0) is 11.3. The molecule has 0 aliphatic heterocycles. The molecule has 0 fully saturated rings. The van der Waals surface area contributed by atoms with Crippen LogP contribution >= 0.6 is 11.3 Å². The minimum absolute atomic E-state index is 0.681. The van der Waals surface area contributed by atoms with E-state index in [4.69, 9.17) is 11.0 Å². The van der Waals surface area contributed by atoms with Gasteiger partial charge in [0.25, 0.3) is 0 Å². The van der Waals surface area contributed by atoms with Crippen molar-refractivity contribution in [1.82, 2.24) is 0 Å². The average Bonchev–Trinajstić information content (AvgIpc) is 2.49. The highest BCUT2D eigenvalue weighted by Crippen LogP contribution is 2.30. The van der Waals surface area contributed by atoms with E-state index in [1.165, 1.54) is 30.6 Å². The van der Waals surface area contributed by atoms with Crippen LogP contribution in [0.1, 0.15) is 48.6 Å². The molecule has 2 nitrogen and oxygen atoms in total. The Bertz CT molecular complexity index is 360. The predicted octanol–water partition coefficient (Wildman–Crippen LogP) is 3.63. The van der Waals surface area contributed by atoms with Gasteiger partial charge in [0.2, 0.25) is 0 Å². The normalized spacial score (nSPS) is 10.2. The lowest BCUT2D eigenvalue weighted by Crippen LogP contribution is -1.86. The summed E-state index contributed by atoms with van der Waals surface area (Å²) in [5, 5.41) is 9.58. The molecule has 1 aromatic heterocycles. The van der Waals surface area contributed by atoms with Crippen molar-refractivity contribution in [3.63, 3.8) is 0 Å². The fourth-order valence-corrected chi connectivity index (χ4v) is 2.74. The van der Waals surface area contributed by atoms with Crippen molar-refractivity contribution in [2.24, 2.45) is 0 Å². The molecule has 0 aliphatic carbocycles. The summed E-state index contributed by atoms with van der Waals surface area (Å²) in [6.07, 6.45) is 6.11. The second-order valence-corrected chi connectivity index (χ2v) is 4.95. The van der Waals surface area contributed by atoms with Crippen molar-refractivity contribution in [2.75, 3.05) is 5.73 Å². The zero-order valence-electron chi connectivity index (χ0n) is 9.47. The smallest absolute Gasteiger partial charge is 0.104 e. The highest BCUT2D eigenvalue weighted by molar-refractivity contribution is 7.16. The fraction of sp³-hybridized carbons (Fsp3) is 0.583. The van der Waals surface area contributed by atoms with Crippen LogP contribution in [0.3, 0.4) is 0 Å². The lowest BCUT2D eigenvalue weighted by atomic mass is 10.1. The van der Waals surface area contributed by atoms with Gasteiger partial charge >= 0.3 is 0 Å². The predicted molar refractivity (Wildman–Crippen MR) is 66.0 cm³/mol. The van der Waals surface area contributed by atoms with Crippen LogP contribution in [-0.4, -0.2) is 0 Å². The molecular weight excluding hydrogens is 204 g/mol. The van der Waals surface area contributed by atoms with Crippen LogP contribution in [0.5, 0.6) is 0 Å². The van der Waals surface area contributed by atoms with Gasteiger partial charge in [0, 0.05) is 4.88 Å². The van der Waals surface area contributed by atoms with Gasteiger partial charge < -0.3 is 5.73 Å². The quantitative estimate of drug-likeness (QED) is 0.773. The molecule has 0 aromatic carbocycles. The zero-order valence-corrected chi connectivity index (χ0v) is 10.3. The molecule has 0 aliphatic rings. The number of rotatable bonds is 5. The van der Waals surface area contributed by atoms with Gasteiger partial charge in [0.15, 0.2) is 0 Å². The van der Waals surface area contributed by atoms with Crippen LogP contribution in [0, 0.1) is 18.3 Å². The van der Waals surface area contributed by atoms with Crippen LogP contribution in [0.25, 0.3) is 0 Å². The number of aryl methyl sites for hydroxylation is 1. The first-order valence-corrected chi connectivity index (χ1v) is 6.30. The summed E-state index contributed by atoms with van der Waals surface area (Å²) >= 11 is 1.58. The largest absolute Gasteiger partial charge is 0.389 e. The Kier molecular flexibility index (Phi) is 4.64. The SMILES string of the molecule is CCCCCCc1sc(N)c(C#N)c1C. The molecular formula is C12H18N2S. The van der Waals surface area contributed by atoms with E-state index in [9.17, 15) is 0 Å². The fourth-order valence-electron chi connectivity index (χ4n) is 1.67. The summed E-state index contributed by atoms with van der Waals surface area (Å²) in [5.74, 6) is 0. The Balaban J connectivity index is 2.59. The van der Waals surface area contributed by atoms with E-state index in [1.807, 2.05) is 6.92 Å². The van der Waals surface area contributed by atoms with E-state index in [2.05, 4.69) is 13.0 Å². The Hall–Kier alpha value is -1.01. The van der Waals surface area contributed by atoms with Gasteiger partial charge in [0.1, 0.15) is 11.1 Å². The number of thiophene rings is 1. The molecule has 0 unspecified atom stereocenters. The Morgan fingerprint density at radius 3 is 2.60 bits per heavy atom. The first kappa shape index (κ1) is 12.1. The number of unbranched alkanes of at least 4 members (excludes halogenated alkanes) is 3. The monoisotopic (exact) mass is 222 g/mol. The highest BCUT2D eigenvalue weighted by Gasteiger charge is 2.11. The lowest BCUT2D eigenvalue weighted by molar-refractivity contribution is 0.669. The summed E-state index contributed by atoms with van der Waals surface area (Å²) in [6, 6.07) is 2.17. The average molecular weight is 222 g/mol. The van der Waals surface area contributed by atoms with Crippen LogP contribution < -0.4 is 5.73 Å². The molecule has 0 spiro atoms. The molecule has 82 valence electrons. The molecule has 0 atom stereocenters. The Morgan fingerprint density at radius 2 is 2.07 bits per heavy atom. The number of nitrogens with two attached hydrogens (primary N) is 1. The van der Waals surface area contributed by atoms with Gasteiger partial charge in [-0.2, -0.15) is 5.26 Å². The molecule has 1 heterocycles. The van der Waals surface area contributed by atoms with Crippen molar-refractivity contribution < 1.29 is 0 Å². The number of anilines is 1. The van der Waals surface area contributed by atoms with Gasteiger partial charge in [-0.25, -0.2) is 0 Å². The number of hydrogen-bond donors (Lipinski definition) is 1. The summed E-state index contributed by atoms with van der Waals surface area (Å²) in [6.45, 7) is 4.21. The van der Waals surface area contributed by atoms with Crippen molar-refractivity contribution in [3.05, 3.63) is 16.0 Å². The Labute approximate surface area is 95.7 Å². The van der Waals surface area contributed by atoms with Crippen LogP contribution in [0.2, 0.25) is 0 Å². The summed E-state index contributed by atoms with van der Waals surface area (Å²) < 4.78 is 0. The third kappa shape index (κ3) is 2.97. The number of nitrogens with zero attached hydrogens (tertiary/aromatic N) is 1. The molecule has 1 aromatic rings. The third-order valence-corrected chi connectivity index (χ3v) is 3.82. The minimum atomic E-state index is 0.681. The van der Waals surface area contributed by atoms with Gasteiger partial charge in [-0.3, -0.25) is 0 Å².